The Balaban J connectivity index is 2.00. The summed E-state index contributed by atoms with van der Waals surface area (Å²) < 4.78 is 3.18. The molecule has 1 aromatic rings. The summed E-state index contributed by atoms with van der Waals surface area (Å²) >= 11 is 3.68. The van der Waals surface area contributed by atoms with Gasteiger partial charge in [0.1, 0.15) is 0 Å². The molecule has 0 amide bonds. The molecule has 114 valence electrons. The monoisotopic (exact) mass is 342 g/mol. The molecule has 1 aliphatic heterocycles. The number of halogens is 1. The number of piperidine rings is 1. The van der Waals surface area contributed by atoms with Crippen molar-refractivity contribution in [3.8, 4) is 0 Å². The normalized spacial score (nSPS) is 19.8. The summed E-state index contributed by atoms with van der Waals surface area (Å²) in [5.41, 5.74) is 2.37. The van der Waals surface area contributed by atoms with E-state index in [0.29, 0.717) is 0 Å². The van der Waals surface area contributed by atoms with Gasteiger partial charge in [-0.2, -0.15) is 5.10 Å². The smallest absolute Gasteiger partial charge is 0.0739 e. The molecular formula is C15H27BrN4. The first-order chi connectivity index (χ1) is 9.61. The minimum atomic E-state index is 0.795. The van der Waals surface area contributed by atoms with E-state index in [1.807, 2.05) is 11.7 Å². The Hall–Kier alpha value is -0.390. The average Bonchev–Trinajstić information content (AvgIpc) is 2.67. The first kappa shape index (κ1) is 16.0. The third-order valence-corrected chi connectivity index (χ3v) is 5.12. The zero-order valence-electron chi connectivity index (χ0n) is 13.0. The lowest BCUT2D eigenvalue weighted by atomic mass is 9.99. The van der Waals surface area contributed by atoms with E-state index in [0.717, 1.165) is 24.7 Å². The van der Waals surface area contributed by atoms with Crippen LogP contribution in [-0.2, 0) is 13.6 Å². The molecule has 0 saturated carbocycles. The molecule has 1 atom stereocenters. The number of aromatic nitrogens is 2. The van der Waals surface area contributed by atoms with Gasteiger partial charge in [-0.15, -0.1) is 0 Å². The topological polar surface area (TPSA) is 33.1 Å². The minimum absolute atomic E-state index is 0.795. The molecule has 0 radical (unpaired) electrons. The summed E-state index contributed by atoms with van der Waals surface area (Å²) in [6.07, 6.45) is 3.88. The predicted octanol–water partition coefficient (Wildman–Crippen LogP) is 2.70. The molecule has 5 heteroatoms. The highest BCUT2D eigenvalue weighted by Gasteiger charge is 2.19. The second kappa shape index (κ2) is 7.57. The second-order valence-corrected chi connectivity index (χ2v) is 6.71. The van der Waals surface area contributed by atoms with E-state index in [1.165, 1.54) is 49.1 Å². The molecule has 0 spiro atoms. The maximum Gasteiger partial charge on any atom is 0.0739 e. The predicted molar refractivity (Wildman–Crippen MR) is 86.8 cm³/mol. The number of nitrogens with zero attached hydrogens (tertiary/aromatic N) is 3. The van der Waals surface area contributed by atoms with Gasteiger partial charge >= 0.3 is 0 Å². The van der Waals surface area contributed by atoms with Gasteiger partial charge in [-0.1, -0.05) is 6.92 Å². The molecule has 2 heterocycles. The fourth-order valence-corrected chi connectivity index (χ4v) is 3.52. The Morgan fingerprint density at radius 3 is 2.85 bits per heavy atom. The summed E-state index contributed by atoms with van der Waals surface area (Å²) in [7, 11) is 2.04. The SMILES string of the molecule is CCCN(Cc1c(Br)c(C)nn1C)CC1CCCNC1. The van der Waals surface area contributed by atoms with Crippen molar-refractivity contribution in [3.05, 3.63) is 15.9 Å². The van der Waals surface area contributed by atoms with Crippen LogP contribution in [0.2, 0.25) is 0 Å². The molecular weight excluding hydrogens is 316 g/mol. The van der Waals surface area contributed by atoms with E-state index in [1.54, 1.807) is 0 Å². The second-order valence-electron chi connectivity index (χ2n) is 5.92. The number of hydrogen-bond acceptors (Lipinski definition) is 3. The fraction of sp³-hybridized carbons (Fsp3) is 0.800. The highest BCUT2D eigenvalue weighted by Crippen LogP contribution is 2.22. The number of aryl methyl sites for hydroxylation is 2. The van der Waals surface area contributed by atoms with Gasteiger partial charge in [-0.3, -0.25) is 9.58 Å². The first-order valence-electron chi connectivity index (χ1n) is 7.72. The fourth-order valence-electron chi connectivity index (χ4n) is 3.06. The largest absolute Gasteiger partial charge is 0.316 e. The molecule has 1 aromatic heterocycles. The third kappa shape index (κ3) is 4.06. The van der Waals surface area contributed by atoms with E-state index in [9.17, 15) is 0 Å². The van der Waals surface area contributed by atoms with Gasteiger partial charge in [0, 0.05) is 20.1 Å². The average molecular weight is 343 g/mol. The summed E-state index contributed by atoms with van der Waals surface area (Å²) in [6.45, 7) is 10.0. The van der Waals surface area contributed by atoms with Crippen LogP contribution in [0.4, 0.5) is 0 Å². The lowest BCUT2D eigenvalue weighted by Gasteiger charge is -2.30. The van der Waals surface area contributed by atoms with Gasteiger partial charge in [-0.05, 0) is 67.7 Å². The Morgan fingerprint density at radius 1 is 1.50 bits per heavy atom. The maximum atomic E-state index is 4.50. The van der Waals surface area contributed by atoms with E-state index >= 15 is 0 Å². The number of rotatable bonds is 6. The minimum Gasteiger partial charge on any atom is -0.316 e. The zero-order chi connectivity index (χ0) is 14.5. The van der Waals surface area contributed by atoms with Crippen molar-refractivity contribution in [3.63, 3.8) is 0 Å². The Kier molecular flexibility index (Phi) is 6.05. The standard InChI is InChI=1S/C15H27BrN4/c1-4-8-20(10-13-6-5-7-17-9-13)11-14-15(16)12(2)18-19(14)3/h13,17H,4-11H2,1-3H3. The van der Waals surface area contributed by atoms with Gasteiger partial charge in [0.25, 0.3) is 0 Å². The van der Waals surface area contributed by atoms with Crippen molar-refractivity contribution in [1.82, 2.24) is 20.0 Å². The van der Waals surface area contributed by atoms with Crippen LogP contribution in [0.3, 0.4) is 0 Å². The van der Waals surface area contributed by atoms with E-state index in [2.05, 4.69) is 45.1 Å². The van der Waals surface area contributed by atoms with Crippen LogP contribution in [0.1, 0.15) is 37.6 Å². The van der Waals surface area contributed by atoms with E-state index < -0.39 is 0 Å². The molecule has 1 N–H and O–H groups in total. The number of hydrogen-bond donors (Lipinski definition) is 1. The highest BCUT2D eigenvalue weighted by atomic mass is 79.9. The van der Waals surface area contributed by atoms with Crippen LogP contribution in [-0.4, -0.2) is 40.9 Å². The van der Waals surface area contributed by atoms with Crippen molar-refractivity contribution in [2.24, 2.45) is 13.0 Å². The van der Waals surface area contributed by atoms with Gasteiger partial charge in [0.15, 0.2) is 0 Å². The molecule has 1 saturated heterocycles. The third-order valence-electron chi connectivity index (χ3n) is 4.09. The summed E-state index contributed by atoms with van der Waals surface area (Å²) in [6, 6.07) is 0. The van der Waals surface area contributed by atoms with Crippen LogP contribution < -0.4 is 5.32 Å². The Bertz CT molecular complexity index is 424. The zero-order valence-corrected chi connectivity index (χ0v) is 14.5. The van der Waals surface area contributed by atoms with Crippen molar-refractivity contribution in [2.75, 3.05) is 26.2 Å². The molecule has 1 fully saturated rings. The Morgan fingerprint density at radius 2 is 2.30 bits per heavy atom. The van der Waals surface area contributed by atoms with Crippen molar-refractivity contribution in [2.45, 2.75) is 39.7 Å². The van der Waals surface area contributed by atoms with Crippen LogP contribution in [0, 0.1) is 12.8 Å². The highest BCUT2D eigenvalue weighted by molar-refractivity contribution is 9.10. The molecule has 4 nitrogen and oxygen atoms in total. The quantitative estimate of drug-likeness (QED) is 0.862. The molecule has 0 aliphatic carbocycles. The molecule has 20 heavy (non-hydrogen) atoms. The molecule has 1 unspecified atom stereocenters. The molecule has 1 aliphatic rings. The van der Waals surface area contributed by atoms with E-state index in [-0.39, 0.29) is 0 Å². The summed E-state index contributed by atoms with van der Waals surface area (Å²) in [4.78, 5) is 2.58. The lowest BCUT2D eigenvalue weighted by Crippen LogP contribution is -2.38. The van der Waals surface area contributed by atoms with Gasteiger partial charge < -0.3 is 5.32 Å². The van der Waals surface area contributed by atoms with Crippen LogP contribution >= 0.6 is 15.9 Å². The lowest BCUT2D eigenvalue weighted by molar-refractivity contribution is 0.197. The van der Waals surface area contributed by atoms with Crippen LogP contribution in [0.15, 0.2) is 4.47 Å². The summed E-state index contributed by atoms with van der Waals surface area (Å²) in [5.74, 6) is 0.795. The van der Waals surface area contributed by atoms with Crippen LogP contribution in [0.5, 0.6) is 0 Å². The van der Waals surface area contributed by atoms with E-state index in [4.69, 9.17) is 0 Å². The first-order valence-corrected chi connectivity index (χ1v) is 8.52. The van der Waals surface area contributed by atoms with Crippen LogP contribution in [0.25, 0.3) is 0 Å². The van der Waals surface area contributed by atoms with Crippen molar-refractivity contribution in [1.29, 1.82) is 0 Å². The summed E-state index contributed by atoms with van der Waals surface area (Å²) in [5, 5.41) is 8.02. The van der Waals surface area contributed by atoms with Gasteiger partial charge in [0.05, 0.1) is 15.9 Å². The molecule has 0 aromatic carbocycles. The van der Waals surface area contributed by atoms with Gasteiger partial charge in [0.2, 0.25) is 0 Å². The van der Waals surface area contributed by atoms with Crippen molar-refractivity contribution < 1.29 is 0 Å². The number of nitrogens with one attached hydrogen (secondary N) is 1. The van der Waals surface area contributed by atoms with Gasteiger partial charge in [-0.25, -0.2) is 0 Å². The molecule has 0 bridgehead atoms. The van der Waals surface area contributed by atoms with Crippen molar-refractivity contribution >= 4 is 15.9 Å². The molecule has 2 rings (SSSR count). The maximum absolute atomic E-state index is 4.50. The Labute approximate surface area is 131 Å².